The Bertz CT molecular complexity index is 1400. The van der Waals surface area contributed by atoms with E-state index in [4.69, 9.17) is 0 Å². The second kappa shape index (κ2) is 11.6. The third-order valence-corrected chi connectivity index (χ3v) is 8.40. The Hall–Kier alpha value is -3.35. The van der Waals surface area contributed by atoms with Gasteiger partial charge in [0.15, 0.2) is 0 Å². The molecule has 1 amide bonds. The molecule has 1 heterocycles. The molecule has 0 aliphatic rings. The second-order valence-corrected chi connectivity index (χ2v) is 11.7. The predicted molar refractivity (Wildman–Crippen MR) is 138 cm³/mol. The van der Waals surface area contributed by atoms with E-state index in [1.807, 2.05) is 13.8 Å². The number of anilines is 2. The van der Waals surface area contributed by atoms with E-state index in [2.05, 4.69) is 20.0 Å². The highest BCUT2D eigenvalue weighted by molar-refractivity contribution is 7.92. The van der Waals surface area contributed by atoms with Crippen LogP contribution in [0.3, 0.4) is 0 Å². The summed E-state index contributed by atoms with van der Waals surface area (Å²) in [6.07, 6.45) is 2.86. The van der Waals surface area contributed by atoms with Gasteiger partial charge in [-0.1, -0.05) is 13.8 Å². The molecule has 0 aliphatic heterocycles. The van der Waals surface area contributed by atoms with Crippen molar-refractivity contribution in [2.24, 2.45) is 0 Å². The molecule has 0 fully saturated rings. The molecule has 0 spiro atoms. The van der Waals surface area contributed by atoms with Crippen LogP contribution in [-0.2, 0) is 20.0 Å². The van der Waals surface area contributed by atoms with Crippen LogP contribution in [0.5, 0.6) is 0 Å². The van der Waals surface area contributed by atoms with E-state index in [1.54, 1.807) is 13.0 Å². The second-order valence-electron chi connectivity index (χ2n) is 8.03. The van der Waals surface area contributed by atoms with Crippen molar-refractivity contribution in [3.05, 3.63) is 72.1 Å². The van der Waals surface area contributed by atoms with Gasteiger partial charge in [0.05, 0.1) is 9.79 Å². The number of nitrogens with one attached hydrogen (secondary N) is 2. The first-order valence-corrected chi connectivity index (χ1v) is 14.3. The molecule has 2 aromatic carbocycles. The largest absolute Gasteiger partial charge is 0.322 e. The van der Waals surface area contributed by atoms with Crippen LogP contribution in [0.15, 0.2) is 70.6 Å². The minimum absolute atomic E-state index is 0.0242. The molecule has 0 bridgehead atoms. The number of hydrogen-bond acceptors (Lipinski definition) is 7. The maximum absolute atomic E-state index is 12.9. The Balaban J connectivity index is 1.69. The van der Waals surface area contributed by atoms with E-state index in [0.717, 1.165) is 0 Å². The first-order valence-electron chi connectivity index (χ1n) is 11.4. The maximum Gasteiger partial charge on any atom is 0.264 e. The number of hydrogen-bond donors (Lipinski definition) is 2. The van der Waals surface area contributed by atoms with Gasteiger partial charge >= 0.3 is 0 Å². The normalized spacial score (nSPS) is 11.9. The zero-order valence-corrected chi connectivity index (χ0v) is 21.9. The molecule has 3 rings (SSSR count). The summed E-state index contributed by atoms with van der Waals surface area (Å²) in [7, 11) is -7.55. The van der Waals surface area contributed by atoms with Gasteiger partial charge in [-0.05, 0) is 74.4 Å². The summed E-state index contributed by atoms with van der Waals surface area (Å²) in [6.45, 7) is 6.41. The number of aromatic nitrogens is 2. The van der Waals surface area contributed by atoms with Crippen LogP contribution in [0.4, 0.5) is 11.6 Å². The SMILES string of the molecule is CCCN(CCC)S(=O)(=O)c1ccc(C(=O)Nc2ccc(S(=O)(=O)Nc3nccc(C)n3)cc2)cc1. The molecule has 0 radical (unpaired) electrons. The number of nitrogens with zero attached hydrogens (tertiary/aromatic N) is 3. The minimum Gasteiger partial charge on any atom is -0.322 e. The molecule has 0 unspecified atom stereocenters. The van der Waals surface area contributed by atoms with Gasteiger partial charge in [0.25, 0.3) is 15.9 Å². The Morgan fingerprint density at radius 1 is 0.861 bits per heavy atom. The first kappa shape index (κ1) is 27.2. The molecule has 1 aromatic heterocycles. The molecule has 0 saturated carbocycles. The van der Waals surface area contributed by atoms with Gasteiger partial charge in [-0.2, -0.15) is 4.31 Å². The van der Waals surface area contributed by atoms with E-state index >= 15 is 0 Å². The van der Waals surface area contributed by atoms with Gasteiger partial charge in [0, 0.05) is 36.2 Å². The van der Waals surface area contributed by atoms with Crippen molar-refractivity contribution in [3.63, 3.8) is 0 Å². The van der Waals surface area contributed by atoms with Crippen molar-refractivity contribution in [1.29, 1.82) is 0 Å². The molecule has 0 saturated heterocycles. The standard InChI is InChI=1S/C24H29N5O5S2/c1-4-16-29(17-5-2)36(33,34)22-10-6-19(7-11-22)23(30)27-20-8-12-21(13-9-20)35(31,32)28-24-25-15-14-18(3)26-24/h6-15H,4-5,16-17H2,1-3H3,(H,27,30)(H,25,26,28). The topological polar surface area (TPSA) is 138 Å². The van der Waals surface area contributed by atoms with E-state index in [1.165, 1.54) is 59.0 Å². The quantitative estimate of drug-likeness (QED) is 0.385. The lowest BCUT2D eigenvalue weighted by Crippen LogP contribution is -2.32. The Morgan fingerprint density at radius 3 is 2.00 bits per heavy atom. The summed E-state index contributed by atoms with van der Waals surface area (Å²) in [5.74, 6) is -0.495. The monoisotopic (exact) mass is 531 g/mol. The highest BCUT2D eigenvalue weighted by Crippen LogP contribution is 2.20. The van der Waals surface area contributed by atoms with Crippen LogP contribution in [-0.4, -0.2) is 50.1 Å². The molecule has 12 heteroatoms. The van der Waals surface area contributed by atoms with Gasteiger partial charge in [-0.25, -0.2) is 31.5 Å². The van der Waals surface area contributed by atoms with Crippen LogP contribution in [0.1, 0.15) is 42.7 Å². The van der Waals surface area contributed by atoms with E-state index in [0.29, 0.717) is 37.3 Å². The highest BCUT2D eigenvalue weighted by Gasteiger charge is 2.23. The van der Waals surface area contributed by atoms with E-state index in [-0.39, 0.29) is 21.3 Å². The number of carbonyl (C=O) groups excluding carboxylic acids is 1. The molecule has 0 aliphatic carbocycles. The third kappa shape index (κ3) is 6.65. The maximum atomic E-state index is 12.9. The van der Waals surface area contributed by atoms with Crippen molar-refractivity contribution >= 4 is 37.6 Å². The molecule has 192 valence electrons. The van der Waals surface area contributed by atoms with Crippen LogP contribution in [0.25, 0.3) is 0 Å². The molecule has 2 N–H and O–H groups in total. The van der Waals surface area contributed by atoms with Gasteiger partial charge in [-0.3, -0.25) is 4.79 Å². The van der Waals surface area contributed by atoms with Crippen molar-refractivity contribution < 1.29 is 21.6 Å². The summed E-state index contributed by atoms with van der Waals surface area (Å²) >= 11 is 0. The average molecular weight is 532 g/mol. The van der Waals surface area contributed by atoms with Crippen molar-refractivity contribution in [1.82, 2.24) is 14.3 Å². The number of amides is 1. The highest BCUT2D eigenvalue weighted by atomic mass is 32.2. The van der Waals surface area contributed by atoms with Crippen LogP contribution in [0.2, 0.25) is 0 Å². The fourth-order valence-corrected chi connectivity index (χ4v) is 5.95. The van der Waals surface area contributed by atoms with Gasteiger partial charge in [0.2, 0.25) is 16.0 Å². The number of carbonyl (C=O) groups is 1. The smallest absolute Gasteiger partial charge is 0.264 e. The van der Waals surface area contributed by atoms with Crippen molar-refractivity contribution in [3.8, 4) is 0 Å². The number of aryl methyl sites for hydroxylation is 1. The van der Waals surface area contributed by atoms with Crippen LogP contribution in [0, 0.1) is 6.92 Å². The lowest BCUT2D eigenvalue weighted by atomic mass is 10.2. The number of rotatable bonds is 11. The fraction of sp³-hybridized carbons (Fsp3) is 0.292. The zero-order chi connectivity index (χ0) is 26.3. The number of benzene rings is 2. The van der Waals surface area contributed by atoms with Gasteiger partial charge in [0.1, 0.15) is 0 Å². The minimum atomic E-state index is -3.91. The molecule has 36 heavy (non-hydrogen) atoms. The summed E-state index contributed by atoms with van der Waals surface area (Å²) < 4.78 is 54.7. The Kier molecular flexibility index (Phi) is 8.77. The van der Waals surface area contributed by atoms with Crippen LogP contribution >= 0.6 is 0 Å². The van der Waals surface area contributed by atoms with Crippen molar-refractivity contribution in [2.75, 3.05) is 23.1 Å². The fourth-order valence-electron chi connectivity index (χ4n) is 3.38. The summed E-state index contributed by atoms with van der Waals surface area (Å²) in [6, 6.07) is 13.0. The molecule has 0 atom stereocenters. The Labute approximate surface area is 211 Å². The molecule has 10 nitrogen and oxygen atoms in total. The van der Waals surface area contributed by atoms with E-state index < -0.39 is 26.0 Å². The first-order chi connectivity index (χ1) is 17.1. The van der Waals surface area contributed by atoms with Gasteiger partial charge in [-0.15, -0.1) is 0 Å². The third-order valence-electron chi connectivity index (χ3n) is 5.14. The molecular formula is C24H29N5O5S2. The Morgan fingerprint density at radius 2 is 1.44 bits per heavy atom. The zero-order valence-electron chi connectivity index (χ0n) is 20.3. The van der Waals surface area contributed by atoms with E-state index in [9.17, 15) is 21.6 Å². The summed E-state index contributed by atoms with van der Waals surface area (Å²) in [4.78, 5) is 20.7. The van der Waals surface area contributed by atoms with Crippen molar-refractivity contribution in [2.45, 2.75) is 43.4 Å². The number of sulfonamides is 2. The van der Waals surface area contributed by atoms with Gasteiger partial charge < -0.3 is 5.32 Å². The molecular weight excluding hydrogens is 502 g/mol. The molecule has 3 aromatic rings. The lowest BCUT2D eigenvalue weighted by Gasteiger charge is -2.21. The summed E-state index contributed by atoms with van der Waals surface area (Å²) in [5, 5.41) is 2.68. The lowest BCUT2D eigenvalue weighted by molar-refractivity contribution is 0.102. The van der Waals surface area contributed by atoms with Crippen LogP contribution < -0.4 is 10.0 Å². The summed E-state index contributed by atoms with van der Waals surface area (Å²) in [5.41, 5.74) is 1.26. The predicted octanol–water partition coefficient (Wildman–Crippen LogP) is 3.65. The average Bonchev–Trinajstić information content (AvgIpc) is 2.84.